The van der Waals surface area contributed by atoms with Crippen molar-refractivity contribution < 1.29 is 0 Å². The molecule has 0 saturated heterocycles. The van der Waals surface area contributed by atoms with Crippen LogP contribution in [0.4, 0.5) is 0 Å². The summed E-state index contributed by atoms with van der Waals surface area (Å²) in [6, 6.07) is 6.46. The highest BCUT2D eigenvalue weighted by atomic mass is 14.3. The van der Waals surface area contributed by atoms with Crippen LogP contribution in [0.1, 0.15) is 57.8 Å². The third-order valence-corrected chi connectivity index (χ3v) is 2.73. The molecule has 0 aromatic heterocycles. The summed E-state index contributed by atoms with van der Waals surface area (Å²) in [5.41, 5.74) is 0. The second-order valence-electron chi connectivity index (χ2n) is 4.02. The number of nitrogens with zero attached hydrogens (tertiary/aromatic N) is 3. The molecule has 0 aliphatic heterocycles. The first kappa shape index (κ1) is 14.5. The first-order valence-electron chi connectivity index (χ1n) is 5.96. The summed E-state index contributed by atoms with van der Waals surface area (Å²) in [7, 11) is 0. The molecule has 0 aliphatic carbocycles. The maximum Gasteiger partial charge on any atom is 0.0621 e. The molecule has 0 N–H and O–H groups in total. The minimum absolute atomic E-state index is 0.515. The molecule has 86 valence electrons. The molecule has 0 saturated carbocycles. The van der Waals surface area contributed by atoms with E-state index >= 15 is 0 Å². The molecule has 16 heavy (non-hydrogen) atoms. The van der Waals surface area contributed by atoms with Crippen molar-refractivity contribution in [2.75, 3.05) is 0 Å². The average Bonchev–Trinajstić information content (AvgIpc) is 2.31. The summed E-state index contributed by atoms with van der Waals surface area (Å²) in [5.74, 6) is 0.515. The summed E-state index contributed by atoms with van der Waals surface area (Å²) in [5, 5.41) is 25.4. The van der Waals surface area contributed by atoms with E-state index in [1.807, 2.05) is 0 Å². The third-order valence-electron chi connectivity index (χ3n) is 2.73. The van der Waals surface area contributed by atoms with Crippen molar-refractivity contribution in [2.45, 2.75) is 57.8 Å². The van der Waals surface area contributed by atoms with Crippen LogP contribution >= 0.6 is 0 Å². The van der Waals surface area contributed by atoms with Gasteiger partial charge in [-0.05, 0) is 25.2 Å². The zero-order valence-corrected chi connectivity index (χ0v) is 9.78. The molecule has 3 heteroatoms. The molecule has 0 aromatic rings. The Bertz CT molecular complexity index is 259. The third kappa shape index (κ3) is 9.04. The van der Waals surface area contributed by atoms with Crippen LogP contribution in [0.5, 0.6) is 0 Å². The molecule has 0 fully saturated rings. The molecule has 0 rings (SSSR count). The van der Waals surface area contributed by atoms with Gasteiger partial charge < -0.3 is 0 Å². The Morgan fingerprint density at radius 2 is 1.19 bits per heavy atom. The largest absolute Gasteiger partial charge is 0.198 e. The Balaban J connectivity index is 3.62. The van der Waals surface area contributed by atoms with Gasteiger partial charge in [0.25, 0.3) is 0 Å². The van der Waals surface area contributed by atoms with Gasteiger partial charge in [0.05, 0.1) is 18.2 Å². The van der Waals surface area contributed by atoms with Gasteiger partial charge in [-0.15, -0.1) is 0 Å². The molecule has 0 heterocycles. The van der Waals surface area contributed by atoms with E-state index in [2.05, 4.69) is 18.2 Å². The highest BCUT2D eigenvalue weighted by molar-refractivity contribution is 4.76. The molecule has 3 nitrogen and oxygen atoms in total. The summed E-state index contributed by atoms with van der Waals surface area (Å²) in [6.45, 7) is 0. The smallest absolute Gasteiger partial charge is 0.0621 e. The molecule has 0 atom stereocenters. The summed E-state index contributed by atoms with van der Waals surface area (Å²) in [4.78, 5) is 0. The Kier molecular flexibility index (Phi) is 10.4. The standard InChI is InChI=1S/C13H19N3/c14-10-4-2-1-3-7-13(8-5-11-15)9-6-12-16/h13H,1-9H2. The van der Waals surface area contributed by atoms with E-state index in [0.717, 1.165) is 38.5 Å². The van der Waals surface area contributed by atoms with Crippen LogP contribution in [0.25, 0.3) is 0 Å². The van der Waals surface area contributed by atoms with Crippen LogP contribution in [-0.2, 0) is 0 Å². The van der Waals surface area contributed by atoms with Gasteiger partial charge in [0.15, 0.2) is 0 Å². The van der Waals surface area contributed by atoms with Crippen molar-refractivity contribution in [3.63, 3.8) is 0 Å². The molecule has 0 aliphatic rings. The van der Waals surface area contributed by atoms with Crippen LogP contribution in [0.2, 0.25) is 0 Å². The number of hydrogen-bond donors (Lipinski definition) is 0. The van der Waals surface area contributed by atoms with Crippen LogP contribution in [-0.4, -0.2) is 0 Å². The van der Waals surface area contributed by atoms with E-state index in [1.54, 1.807) is 0 Å². The summed E-state index contributed by atoms with van der Waals surface area (Å²) >= 11 is 0. The Hall–Kier alpha value is -1.53. The fourth-order valence-corrected chi connectivity index (χ4v) is 1.78. The molecule has 0 radical (unpaired) electrons. The van der Waals surface area contributed by atoms with Crippen molar-refractivity contribution in [1.29, 1.82) is 15.8 Å². The lowest BCUT2D eigenvalue weighted by Crippen LogP contribution is -2.00. The van der Waals surface area contributed by atoms with Gasteiger partial charge in [0.1, 0.15) is 0 Å². The zero-order chi connectivity index (χ0) is 12.1. The number of hydrogen-bond acceptors (Lipinski definition) is 3. The maximum absolute atomic E-state index is 8.53. The van der Waals surface area contributed by atoms with Gasteiger partial charge >= 0.3 is 0 Å². The van der Waals surface area contributed by atoms with E-state index in [-0.39, 0.29) is 0 Å². The van der Waals surface area contributed by atoms with Crippen molar-refractivity contribution in [1.82, 2.24) is 0 Å². The summed E-state index contributed by atoms with van der Waals surface area (Å²) < 4.78 is 0. The highest BCUT2D eigenvalue weighted by Gasteiger charge is 2.07. The van der Waals surface area contributed by atoms with Gasteiger partial charge in [-0.1, -0.05) is 19.3 Å². The molecule has 0 unspecified atom stereocenters. The van der Waals surface area contributed by atoms with Gasteiger partial charge in [0, 0.05) is 19.3 Å². The minimum atomic E-state index is 0.515. The first-order valence-corrected chi connectivity index (χ1v) is 5.96. The van der Waals surface area contributed by atoms with Gasteiger partial charge in [-0.3, -0.25) is 0 Å². The molecular formula is C13H19N3. The van der Waals surface area contributed by atoms with Crippen LogP contribution in [0.15, 0.2) is 0 Å². The Morgan fingerprint density at radius 1 is 0.625 bits per heavy atom. The lowest BCUT2D eigenvalue weighted by molar-refractivity contribution is 0.409. The lowest BCUT2D eigenvalue weighted by atomic mass is 9.92. The quantitative estimate of drug-likeness (QED) is 0.553. The van der Waals surface area contributed by atoms with E-state index in [9.17, 15) is 0 Å². The predicted octanol–water partition coefficient (Wildman–Crippen LogP) is 3.68. The van der Waals surface area contributed by atoms with Crippen LogP contribution in [0.3, 0.4) is 0 Å². The van der Waals surface area contributed by atoms with Crippen molar-refractivity contribution in [2.24, 2.45) is 5.92 Å². The molecule has 0 amide bonds. The van der Waals surface area contributed by atoms with Crippen LogP contribution < -0.4 is 0 Å². The second-order valence-corrected chi connectivity index (χ2v) is 4.02. The van der Waals surface area contributed by atoms with Gasteiger partial charge in [-0.25, -0.2) is 0 Å². The van der Waals surface area contributed by atoms with E-state index in [0.29, 0.717) is 25.2 Å². The number of unbranched alkanes of at least 4 members (excludes halogenated alkanes) is 3. The van der Waals surface area contributed by atoms with Crippen LogP contribution in [0, 0.1) is 39.9 Å². The fourth-order valence-electron chi connectivity index (χ4n) is 1.78. The van der Waals surface area contributed by atoms with Gasteiger partial charge in [-0.2, -0.15) is 15.8 Å². The molecule has 0 aromatic carbocycles. The van der Waals surface area contributed by atoms with Gasteiger partial charge in [0.2, 0.25) is 0 Å². The fraction of sp³-hybridized carbons (Fsp3) is 0.769. The summed E-state index contributed by atoms with van der Waals surface area (Å²) in [6.07, 6.45) is 7.91. The van der Waals surface area contributed by atoms with E-state index in [4.69, 9.17) is 15.8 Å². The van der Waals surface area contributed by atoms with Crippen molar-refractivity contribution >= 4 is 0 Å². The normalized spacial score (nSPS) is 9.38. The van der Waals surface area contributed by atoms with E-state index in [1.165, 1.54) is 0 Å². The maximum atomic E-state index is 8.53. The SMILES string of the molecule is N#CCCCCCC(CCC#N)CCC#N. The first-order chi connectivity index (χ1) is 7.85. The topological polar surface area (TPSA) is 71.4 Å². The Morgan fingerprint density at radius 3 is 1.69 bits per heavy atom. The monoisotopic (exact) mass is 217 g/mol. The van der Waals surface area contributed by atoms with Crippen molar-refractivity contribution in [3.05, 3.63) is 0 Å². The number of rotatable bonds is 9. The van der Waals surface area contributed by atoms with Crippen molar-refractivity contribution in [3.8, 4) is 18.2 Å². The molecule has 0 bridgehead atoms. The highest BCUT2D eigenvalue weighted by Crippen LogP contribution is 2.20. The molecule has 0 spiro atoms. The lowest BCUT2D eigenvalue weighted by Gasteiger charge is -2.13. The number of nitriles is 3. The Labute approximate surface area is 98.3 Å². The average molecular weight is 217 g/mol. The minimum Gasteiger partial charge on any atom is -0.198 e. The predicted molar refractivity (Wildman–Crippen MR) is 61.9 cm³/mol. The molecular weight excluding hydrogens is 198 g/mol. The second kappa shape index (κ2) is 11.5. The van der Waals surface area contributed by atoms with E-state index < -0.39 is 0 Å². The zero-order valence-electron chi connectivity index (χ0n) is 9.78.